The number of aliphatic hydroxyl groups is 1. The lowest BCUT2D eigenvalue weighted by molar-refractivity contribution is 0.206. The lowest BCUT2D eigenvalue weighted by Crippen LogP contribution is -2.00. The number of benzene rings is 2. The molecular weight excluding hydrogens is 352 g/mol. The molecule has 0 saturated heterocycles. The van der Waals surface area contributed by atoms with Gasteiger partial charge in [-0.3, -0.25) is 0 Å². The van der Waals surface area contributed by atoms with Gasteiger partial charge >= 0.3 is 0 Å². The Morgan fingerprint density at radius 1 is 1.10 bits per heavy atom. The molecule has 1 unspecified atom stereocenters. The zero-order valence-electron chi connectivity index (χ0n) is 10.6. The van der Waals surface area contributed by atoms with Crippen LogP contribution in [0.25, 0.3) is 10.1 Å². The van der Waals surface area contributed by atoms with Crippen LogP contribution in [-0.2, 0) is 0 Å². The van der Waals surface area contributed by atoms with Crippen molar-refractivity contribution in [2.75, 3.05) is 5.75 Å². The van der Waals surface area contributed by atoms with Crippen LogP contribution in [0, 0.1) is 0 Å². The first-order valence-electron chi connectivity index (χ1n) is 6.26. The third kappa shape index (κ3) is 3.09. The molecule has 0 aliphatic rings. The molecule has 102 valence electrons. The molecule has 2 aromatic carbocycles. The van der Waals surface area contributed by atoms with Crippen LogP contribution in [0.15, 0.2) is 63.3 Å². The number of hydrogen-bond donors (Lipinski definition) is 1. The molecule has 3 rings (SSSR count). The van der Waals surface area contributed by atoms with Crippen molar-refractivity contribution in [1.82, 2.24) is 0 Å². The fraction of sp³-hybridized carbons (Fsp3) is 0.125. The van der Waals surface area contributed by atoms with Crippen molar-refractivity contribution in [3.8, 4) is 0 Å². The first kappa shape index (κ1) is 14.1. The summed E-state index contributed by atoms with van der Waals surface area (Å²) in [5.41, 5.74) is 1.03. The Kier molecular flexibility index (Phi) is 4.46. The molecule has 0 fully saturated rings. The van der Waals surface area contributed by atoms with E-state index in [2.05, 4.69) is 45.6 Å². The molecule has 1 N–H and O–H groups in total. The van der Waals surface area contributed by atoms with Crippen LogP contribution in [0.3, 0.4) is 0 Å². The number of halogens is 1. The van der Waals surface area contributed by atoms with Gasteiger partial charge in [-0.25, -0.2) is 0 Å². The number of thioether (sulfide) groups is 1. The van der Waals surface area contributed by atoms with Gasteiger partial charge < -0.3 is 5.11 Å². The number of rotatable bonds is 4. The van der Waals surface area contributed by atoms with Gasteiger partial charge in [-0.05, 0) is 46.7 Å². The highest BCUT2D eigenvalue weighted by molar-refractivity contribution is 9.10. The minimum absolute atomic E-state index is 0.439. The van der Waals surface area contributed by atoms with E-state index in [0.717, 1.165) is 10.0 Å². The third-order valence-corrected chi connectivity index (χ3v) is 5.69. The summed E-state index contributed by atoms with van der Waals surface area (Å²) in [7, 11) is 0. The van der Waals surface area contributed by atoms with Gasteiger partial charge in [-0.1, -0.05) is 34.1 Å². The predicted octanol–water partition coefficient (Wildman–Crippen LogP) is 5.49. The van der Waals surface area contributed by atoms with Crippen molar-refractivity contribution in [2.24, 2.45) is 0 Å². The third-order valence-electron chi connectivity index (χ3n) is 3.09. The minimum Gasteiger partial charge on any atom is -0.387 e. The zero-order valence-corrected chi connectivity index (χ0v) is 13.8. The summed E-state index contributed by atoms with van der Waals surface area (Å²) < 4.78 is 2.27. The maximum absolute atomic E-state index is 10.4. The largest absolute Gasteiger partial charge is 0.387 e. The summed E-state index contributed by atoms with van der Waals surface area (Å²) in [6, 6.07) is 16.4. The molecule has 3 aromatic rings. The molecule has 20 heavy (non-hydrogen) atoms. The Bertz CT molecular complexity index is 706. The zero-order chi connectivity index (χ0) is 13.9. The predicted molar refractivity (Wildman–Crippen MR) is 91.7 cm³/mol. The summed E-state index contributed by atoms with van der Waals surface area (Å²) >= 11 is 6.80. The molecule has 1 nitrogen and oxygen atoms in total. The van der Waals surface area contributed by atoms with Crippen molar-refractivity contribution in [3.05, 3.63) is 63.9 Å². The van der Waals surface area contributed by atoms with E-state index >= 15 is 0 Å². The van der Waals surface area contributed by atoms with Gasteiger partial charge in [0, 0.05) is 19.8 Å². The molecule has 0 spiro atoms. The highest BCUT2D eigenvalue weighted by Gasteiger charge is 2.12. The molecule has 1 atom stereocenters. The van der Waals surface area contributed by atoms with Crippen LogP contribution < -0.4 is 0 Å². The van der Waals surface area contributed by atoms with E-state index in [1.54, 1.807) is 23.1 Å². The van der Waals surface area contributed by atoms with E-state index in [1.165, 1.54) is 15.0 Å². The van der Waals surface area contributed by atoms with Crippen LogP contribution in [0.5, 0.6) is 0 Å². The van der Waals surface area contributed by atoms with Crippen molar-refractivity contribution in [3.63, 3.8) is 0 Å². The number of fused-ring (bicyclic) bond motifs is 1. The SMILES string of the molecule is OC(CSc1ccc(Br)cc1)c1cccc2ccsc12. The second-order valence-electron chi connectivity index (χ2n) is 4.47. The van der Waals surface area contributed by atoms with E-state index in [0.29, 0.717) is 5.75 Å². The Morgan fingerprint density at radius 3 is 2.70 bits per heavy atom. The van der Waals surface area contributed by atoms with Crippen LogP contribution >= 0.6 is 39.0 Å². The summed E-state index contributed by atoms with van der Waals surface area (Å²) in [5, 5.41) is 13.7. The lowest BCUT2D eigenvalue weighted by Gasteiger charge is -2.12. The molecule has 1 aromatic heterocycles. The maximum atomic E-state index is 10.4. The first-order chi connectivity index (χ1) is 9.74. The van der Waals surface area contributed by atoms with Crippen molar-refractivity contribution in [1.29, 1.82) is 0 Å². The molecule has 0 aliphatic heterocycles. The quantitative estimate of drug-likeness (QED) is 0.617. The van der Waals surface area contributed by atoms with Gasteiger partial charge in [0.15, 0.2) is 0 Å². The Hall–Kier alpha value is -0.810. The fourth-order valence-electron chi connectivity index (χ4n) is 2.07. The fourth-order valence-corrected chi connectivity index (χ4v) is 4.16. The van der Waals surface area contributed by atoms with E-state index in [-0.39, 0.29) is 0 Å². The second kappa shape index (κ2) is 6.31. The van der Waals surface area contributed by atoms with E-state index in [1.807, 2.05) is 24.3 Å². The molecule has 0 radical (unpaired) electrons. The smallest absolute Gasteiger partial charge is 0.0897 e. The van der Waals surface area contributed by atoms with Crippen LogP contribution in [-0.4, -0.2) is 10.9 Å². The molecule has 0 amide bonds. The van der Waals surface area contributed by atoms with Crippen molar-refractivity contribution >= 4 is 49.1 Å². The summed E-state index contributed by atoms with van der Waals surface area (Å²) in [6.07, 6.45) is -0.439. The lowest BCUT2D eigenvalue weighted by atomic mass is 10.1. The van der Waals surface area contributed by atoms with Crippen molar-refractivity contribution in [2.45, 2.75) is 11.0 Å². The van der Waals surface area contributed by atoms with Crippen LogP contribution in [0.4, 0.5) is 0 Å². The Morgan fingerprint density at radius 2 is 1.90 bits per heavy atom. The molecule has 0 bridgehead atoms. The first-order valence-corrected chi connectivity index (χ1v) is 8.92. The average Bonchev–Trinajstić information content (AvgIpc) is 2.94. The van der Waals surface area contributed by atoms with Gasteiger partial charge in [0.2, 0.25) is 0 Å². The summed E-state index contributed by atoms with van der Waals surface area (Å²) in [5.74, 6) is 0.665. The van der Waals surface area contributed by atoms with E-state index in [4.69, 9.17) is 0 Å². The van der Waals surface area contributed by atoms with Gasteiger partial charge in [0.05, 0.1) is 6.10 Å². The molecular formula is C16H13BrOS2. The van der Waals surface area contributed by atoms with Crippen LogP contribution in [0.1, 0.15) is 11.7 Å². The maximum Gasteiger partial charge on any atom is 0.0897 e. The Labute approximate surface area is 134 Å². The highest BCUT2D eigenvalue weighted by atomic mass is 79.9. The standard InChI is InChI=1S/C16H13BrOS2/c17-12-4-6-13(7-5-12)20-10-15(18)14-3-1-2-11-8-9-19-16(11)14/h1-9,15,18H,10H2. The second-order valence-corrected chi connectivity index (χ2v) is 7.39. The summed E-state index contributed by atoms with van der Waals surface area (Å²) in [6.45, 7) is 0. The average molecular weight is 365 g/mol. The minimum atomic E-state index is -0.439. The van der Waals surface area contributed by atoms with Gasteiger partial charge in [0.25, 0.3) is 0 Å². The number of thiophene rings is 1. The van der Waals surface area contributed by atoms with Gasteiger partial charge in [-0.2, -0.15) is 0 Å². The molecule has 4 heteroatoms. The molecule has 0 aliphatic carbocycles. The van der Waals surface area contributed by atoms with E-state index < -0.39 is 6.10 Å². The monoisotopic (exact) mass is 364 g/mol. The van der Waals surface area contributed by atoms with Crippen molar-refractivity contribution < 1.29 is 5.11 Å². The van der Waals surface area contributed by atoms with E-state index in [9.17, 15) is 5.11 Å². The number of hydrogen-bond acceptors (Lipinski definition) is 3. The van der Waals surface area contributed by atoms with Crippen LogP contribution in [0.2, 0.25) is 0 Å². The van der Waals surface area contributed by atoms with Gasteiger partial charge in [0.1, 0.15) is 0 Å². The number of aliphatic hydroxyl groups excluding tert-OH is 1. The topological polar surface area (TPSA) is 20.2 Å². The molecule has 1 heterocycles. The highest BCUT2D eigenvalue weighted by Crippen LogP contribution is 2.32. The summed E-state index contributed by atoms with van der Waals surface area (Å²) in [4.78, 5) is 1.17. The Balaban J connectivity index is 1.74. The van der Waals surface area contributed by atoms with Gasteiger partial charge in [-0.15, -0.1) is 23.1 Å². The normalized spacial score (nSPS) is 12.7. The molecule has 0 saturated carbocycles.